The first-order chi connectivity index (χ1) is 20.1. The number of benzene rings is 2. The van der Waals surface area contributed by atoms with Crippen LogP contribution in [0.4, 0.5) is 10.1 Å². The van der Waals surface area contributed by atoms with E-state index in [0.717, 1.165) is 54.2 Å². The summed E-state index contributed by atoms with van der Waals surface area (Å²) in [6.45, 7) is 1.79. The summed E-state index contributed by atoms with van der Waals surface area (Å²) in [5.74, 6) is -4.48. The maximum atomic E-state index is 14.4. The fraction of sp³-hybridized carbons (Fsp3) is 0.455. The van der Waals surface area contributed by atoms with Gasteiger partial charge in [-0.05, 0) is 74.4 Å². The first kappa shape index (κ1) is 27.3. The summed E-state index contributed by atoms with van der Waals surface area (Å²) in [5.41, 5.74) is 0.629. The zero-order chi connectivity index (χ0) is 29.5. The van der Waals surface area contributed by atoms with Gasteiger partial charge in [0.1, 0.15) is 11.6 Å². The fourth-order valence-corrected chi connectivity index (χ4v) is 8.83. The van der Waals surface area contributed by atoms with Crippen LogP contribution >= 0.6 is 11.6 Å². The molecule has 6 atom stereocenters. The number of imide groups is 2. The normalized spacial score (nSPS) is 33.0. The van der Waals surface area contributed by atoms with E-state index in [9.17, 15) is 28.7 Å². The minimum absolute atomic E-state index is 0.0709. The maximum absolute atomic E-state index is 14.4. The molecule has 42 heavy (non-hydrogen) atoms. The van der Waals surface area contributed by atoms with E-state index in [1.54, 1.807) is 31.2 Å². The second-order valence-electron chi connectivity index (χ2n) is 12.7. The van der Waals surface area contributed by atoms with Gasteiger partial charge < -0.3 is 5.11 Å². The van der Waals surface area contributed by atoms with E-state index < -0.39 is 46.7 Å². The van der Waals surface area contributed by atoms with E-state index >= 15 is 0 Å². The molecule has 0 bridgehead atoms. The van der Waals surface area contributed by atoms with E-state index in [1.165, 1.54) is 17.0 Å². The van der Waals surface area contributed by atoms with Crippen molar-refractivity contribution in [3.8, 4) is 5.75 Å². The number of allylic oxidation sites excluding steroid dienone is 2. The molecule has 7 nitrogen and oxygen atoms in total. The first-order valence-corrected chi connectivity index (χ1v) is 15.2. The summed E-state index contributed by atoms with van der Waals surface area (Å²) in [5, 5.41) is 9.84. The predicted octanol–water partition coefficient (Wildman–Crippen LogP) is 5.75. The van der Waals surface area contributed by atoms with Crippen molar-refractivity contribution < 1.29 is 28.7 Å². The van der Waals surface area contributed by atoms with Crippen LogP contribution in [0.15, 0.2) is 54.1 Å². The number of likely N-dealkylation sites (tertiary alicyclic amines) is 1. The Kier molecular flexibility index (Phi) is 6.35. The van der Waals surface area contributed by atoms with E-state index in [2.05, 4.69) is 0 Å². The number of hydrogen-bond donors (Lipinski definition) is 1. The predicted molar refractivity (Wildman–Crippen MR) is 153 cm³/mol. The minimum Gasteiger partial charge on any atom is -0.508 e. The molecule has 2 heterocycles. The monoisotopic (exact) mass is 590 g/mol. The van der Waals surface area contributed by atoms with Crippen LogP contribution in [-0.4, -0.2) is 39.7 Å². The molecule has 2 aromatic carbocycles. The Morgan fingerprint density at radius 1 is 0.929 bits per heavy atom. The third-order valence-corrected chi connectivity index (χ3v) is 10.9. The average Bonchev–Trinajstić information content (AvgIpc) is 3.35. The Bertz CT molecular complexity index is 1550. The number of aromatic hydroxyl groups is 1. The molecule has 0 spiro atoms. The summed E-state index contributed by atoms with van der Waals surface area (Å²) >= 11 is 6.05. The summed E-state index contributed by atoms with van der Waals surface area (Å²) in [6.07, 6.45) is 7.41. The number of rotatable bonds is 3. The van der Waals surface area contributed by atoms with Crippen LogP contribution in [0.2, 0.25) is 5.02 Å². The maximum Gasteiger partial charge on any atom is 0.241 e. The standard InChI is InChI=1S/C33H32ClFN2O5/c1-33-24(30(40)37(32(33)42)19-9-14-26(35)25(34)15-19)16-23-21(28(33)17-7-10-20(38)11-8-17)12-13-22-27(23)31(41)36(29(22)39)18-5-3-2-4-6-18/h7-12,14-15,18,22-24,27-28,38H,2-6,13,16H2,1H3/t22-,23+,24-,27-,28-,33+/m0/s1. The van der Waals surface area contributed by atoms with E-state index in [1.807, 2.05) is 6.08 Å². The second-order valence-corrected chi connectivity index (χ2v) is 13.1. The number of phenolic OH excluding ortho intramolecular Hbond substituents is 1. The highest BCUT2D eigenvalue weighted by Crippen LogP contribution is 2.63. The number of anilines is 1. The van der Waals surface area contributed by atoms with E-state index in [4.69, 9.17) is 11.6 Å². The van der Waals surface area contributed by atoms with Crippen molar-refractivity contribution in [1.82, 2.24) is 4.90 Å². The van der Waals surface area contributed by atoms with Crippen LogP contribution in [-0.2, 0) is 19.2 Å². The van der Waals surface area contributed by atoms with Gasteiger partial charge in [-0.25, -0.2) is 9.29 Å². The van der Waals surface area contributed by atoms with Crippen molar-refractivity contribution in [2.75, 3.05) is 4.90 Å². The molecule has 2 aliphatic heterocycles. The zero-order valence-electron chi connectivity index (χ0n) is 23.3. The van der Waals surface area contributed by atoms with Crippen molar-refractivity contribution in [2.24, 2.45) is 29.1 Å². The molecule has 0 unspecified atom stereocenters. The molecule has 3 aliphatic carbocycles. The summed E-state index contributed by atoms with van der Waals surface area (Å²) in [6, 6.07) is 10.3. The van der Waals surface area contributed by atoms with Gasteiger partial charge in [0.25, 0.3) is 0 Å². The molecular formula is C33H32ClFN2O5. The van der Waals surface area contributed by atoms with Gasteiger partial charge in [-0.2, -0.15) is 0 Å². The summed E-state index contributed by atoms with van der Waals surface area (Å²) < 4.78 is 14.0. The second kappa shape index (κ2) is 9.76. The molecule has 7 rings (SSSR count). The van der Waals surface area contributed by atoms with Gasteiger partial charge in [-0.15, -0.1) is 0 Å². The molecule has 0 aromatic heterocycles. The smallest absolute Gasteiger partial charge is 0.241 e. The van der Waals surface area contributed by atoms with Gasteiger partial charge in [0.05, 0.1) is 33.9 Å². The minimum atomic E-state index is -1.21. The molecule has 4 amide bonds. The van der Waals surface area contributed by atoms with Crippen LogP contribution in [0, 0.1) is 34.9 Å². The Labute approximate surface area is 248 Å². The van der Waals surface area contributed by atoms with Gasteiger partial charge >= 0.3 is 0 Å². The van der Waals surface area contributed by atoms with E-state index in [0.29, 0.717) is 6.42 Å². The van der Waals surface area contributed by atoms with Crippen LogP contribution in [0.1, 0.15) is 63.4 Å². The molecule has 9 heteroatoms. The van der Waals surface area contributed by atoms with Crippen molar-refractivity contribution in [3.05, 3.63) is 70.5 Å². The number of carbonyl (C=O) groups excluding carboxylic acids is 4. The van der Waals surface area contributed by atoms with E-state index in [-0.39, 0.29) is 46.7 Å². The molecule has 0 radical (unpaired) electrons. The van der Waals surface area contributed by atoms with Crippen LogP contribution in [0.5, 0.6) is 5.75 Å². The lowest BCUT2D eigenvalue weighted by Gasteiger charge is -2.49. The van der Waals surface area contributed by atoms with Crippen LogP contribution < -0.4 is 4.90 Å². The third kappa shape index (κ3) is 3.76. The van der Waals surface area contributed by atoms with Crippen molar-refractivity contribution in [1.29, 1.82) is 0 Å². The molecular weight excluding hydrogens is 559 g/mol. The Hall–Kier alpha value is -3.52. The number of phenols is 1. The van der Waals surface area contributed by atoms with Crippen molar-refractivity contribution >= 4 is 40.9 Å². The molecule has 4 fully saturated rings. The number of hydrogen-bond acceptors (Lipinski definition) is 5. The number of carbonyl (C=O) groups is 4. The molecule has 2 saturated heterocycles. The van der Waals surface area contributed by atoms with Crippen molar-refractivity contribution in [2.45, 2.75) is 63.8 Å². The highest BCUT2D eigenvalue weighted by atomic mass is 35.5. The Morgan fingerprint density at radius 3 is 2.33 bits per heavy atom. The van der Waals surface area contributed by atoms with Gasteiger partial charge in [-0.3, -0.25) is 24.1 Å². The topological polar surface area (TPSA) is 95.0 Å². The number of amides is 4. The first-order valence-electron chi connectivity index (χ1n) is 14.8. The molecule has 1 N–H and O–H groups in total. The lowest BCUT2D eigenvalue weighted by Crippen LogP contribution is -2.49. The number of nitrogens with zero attached hydrogens (tertiary/aromatic N) is 2. The largest absolute Gasteiger partial charge is 0.508 e. The lowest BCUT2D eigenvalue weighted by atomic mass is 9.51. The SMILES string of the molecule is C[C@@]12C(=O)N(c3ccc(F)c(Cl)c3)C(=O)[C@@H]1C[C@@H]1C(=CC[C@@H]3C(=O)N(C4CCCCC4)C(=O)[C@@H]31)[C@@H]2c1ccc(O)cc1. The average molecular weight is 591 g/mol. The van der Waals surface area contributed by atoms with Crippen molar-refractivity contribution in [3.63, 3.8) is 0 Å². The van der Waals surface area contributed by atoms with Gasteiger partial charge in [-0.1, -0.05) is 54.6 Å². The van der Waals surface area contributed by atoms with Crippen LogP contribution in [0.3, 0.4) is 0 Å². The van der Waals surface area contributed by atoms with Gasteiger partial charge in [0.15, 0.2) is 0 Å². The third-order valence-electron chi connectivity index (χ3n) is 10.6. The number of fused-ring (bicyclic) bond motifs is 4. The molecule has 218 valence electrons. The van der Waals surface area contributed by atoms with Gasteiger partial charge in [0, 0.05) is 12.0 Å². The molecule has 2 aromatic rings. The number of halogens is 2. The summed E-state index contributed by atoms with van der Waals surface area (Å²) in [4.78, 5) is 58.9. The Balaban J connectivity index is 1.34. The van der Waals surface area contributed by atoms with Gasteiger partial charge in [0.2, 0.25) is 23.6 Å². The fourth-order valence-electron chi connectivity index (χ4n) is 8.66. The molecule has 2 saturated carbocycles. The molecule has 5 aliphatic rings. The lowest BCUT2D eigenvalue weighted by molar-refractivity contribution is -0.144. The zero-order valence-corrected chi connectivity index (χ0v) is 24.0. The van der Waals surface area contributed by atoms with Crippen LogP contribution in [0.25, 0.3) is 0 Å². The Morgan fingerprint density at radius 2 is 1.64 bits per heavy atom. The highest BCUT2D eigenvalue weighted by Gasteiger charge is 2.67. The quantitative estimate of drug-likeness (QED) is 0.363. The highest BCUT2D eigenvalue weighted by molar-refractivity contribution is 6.31. The summed E-state index contributed by atoms with van der Waals surface area (Å²) in [7, 11) is 0.